The van der Waals surface area contributed by atoms with E-state index in [1.54, 1.807) is 0 Å². The van der Waals surface area contributed by atoms with Gasteiger partial charge in [0.05, 0.1) is 6.61 Å². The van der Waals surface area contributed by atoms with Gasteiger partial charge in [0.15, 0.2) is 0 Å². The molecule has 1 atom stereocenters. The second-order valence-corrected chi connectivity index (χ2v) is 8.82. The van der Waals surface area contributed by atoms with Gasteiger partial charge in [0.2, 0.25) is 5.91 Å². The van der Waals surface area contributed by atoms with Crippen LogP contribution in [0.1, 0.15) is 129 Å². The number of unbranched alkanes of at least 4 members (excludes halogenated alkanes) is 15. The predicted octanol–water partition coefficient (Wildman–Crippen LogP) is 7.02. The van der Waals surface area contributed by atoms with Crippen molar-refractivity contribution in [2.24, 2.45) is 0 Å². The highest BCUT2D eigenvalue weighted by atomic mass is 16.5. The molecule has 0 aromatic carbocycles. The normalized spacial score (nSPS) is 16.3. The van der Waals surface area contributed by atoms with E-state index < -0.39 is 6.04 Å². The molecule has 1 rings (SSSR count). The summed E-state index contributed by atoms with van der Waals surface area (Å²) in [6.45, 7) is 2.74. The molecule has 174 valence electrons. The third-order valence-electron chi connectivity index (χ3n) is 5.93. The number of nitrogens with one attached hydrogen (secondary N) is 1. The molecule has 1 aliphatic heterocycles. The fourth-order valence-corrected chi connectivity index (χ4v) is 3.94. The van der Waals surface area contributed by atoms with Gasteiger partial charge in [-0.2, -0.15) is 0 Å². The summed E-state index contributed by atoms with van der Waals surface area (Å²) >= 11 is 0. The molecule has 0 aliphatic carbocycles. The molecule has 0 aromatic rings. The van der Waals surface area contributed by atoms with E-state index in [9.17, 15) is 9.59 Å². The number of hydrogen-bond donors (Lipinski definition) is 1. The molecule has 0 saturated carbocycles. The molecule has 0 aromatic heterocycles. The average molecular weight is 422 g/mol. The molecule has 1 saturated heterocycles. The Kier molecular flexibility index (Phi) is 17.5. The van der Waals surface area contributed by atoms with Crippen LogP contribution in [-0.2, 0) is 14.3 Å². The highest BCUT2D eigenvalue weighted by Gasteiger charge is 2.28. The van der Waals surface area contributed by atoms with Crippen molar-refractivity contribution in [1.29, 1.82) is 0 Å². The SMILES string of the molecule is CCCCCCCCCCCCCCC/C=C/CCCCOC(=O)[C@@H]1CCC(=O)N1. The van der Waals surface area contributed by atoms with Gasteiger partial charge in [-0.05, 0) is 38.5 Å². The Morgan fingerprint density at radius 1 is 0.833 bits per heavy atom. The van der Waals surface area contributed by atoms with Gasteiger partial charge in [-0.25, -0.2) is 4.79 Å². The quantitative estimate of drug-likeness (QED) is 0.131. The molecule has 0 spiro atoms. The van der Waals surface area contributed by atoms with E-state index in [0.717, 1.165) is 19.3 Å². The van der Waals surface area contributed by atoms with Gasteiger partial charge in [-0.1, -0.05) is 96.1 Å². The number of carbonyl (C=O) groups is 2. The molecule has 1 aliphatic rings. The first-order valence-electron chi connectivity index (χ1n) is 12.8. The van der Waals surface area contributed by atoms with Crippen molar-refractivity contribution in [3.8, 4) is 0 Å². The minimum Gasteiger partial charge on any atom is -0.464 e. The van der Waals surface area contributed by atoms with Gasteiger partial charge in [0, 0.05) is 6.42 Å². The molecular weight excluding hydrogens is 374 g/mol. The average Bonchev–Trinajstić information content (AvgIpc) is 3.18. The Bertz CT molecular complexity index is 461. The first kappa shape index (κ1) is 26.7. The van der Waals surface area contributed by atoms with Crippen molar-refractivity contribution >= 4 is 11.9 Å². The van der Waals surface area contributed by atoms with Crippen LogP contribution in [0.3, 0.4) is 0 Å². The molecule has 1 heterocycles. The van der Waals surface area contributed by atoms with Crippen LogP contribution < -0.4 is 5.32 Å². The lowest BCUT2D eigenvalue weighted by Gasteiger charge is -2.09. The number of rotatable bonds is 20. The van der Waals surface area contributed by atoms with Gasteiger partial charge in [-0.15, -0.1) is 0 Å². The highest BCUT2D eigenvalue weighted by molar-refractivity contribution is 5.87. The largest absolute Gasteiger partial charge is 0.464 e. The van der Waals surface area contributed by atoms with Crippen LogP contribution in [0.4, 0.5) is 0 Å². The maximum atomic E-state index is 11.7. The Labute approximate surface area is 185 Å². The van der Waals surface area contributed by atoms with E-state index in [-0.39, 0.29) is 11.9 Å². The Hall–Kier alpha value is -1.32. The van der Waals surface area contributed by atoms with Gasteiger partial charge < -0.3 is 10.1 Å². The fraction of sp³-hybridized carbons (Fsp3) is 0.846. The standard InChI is InChI=1S/C26H47NO3/c1-2-3-4-5-6-7-8-9-10-11-12-13-14-15-16-17-18-19-20-23-30-26(29)24-21-22-25(28)27-24/h16-17,24H,2-15,18-23H2,1H3,(H,27,28)/b17-16+/t24-/m0/s1. The van der Waals surface area contributed by atoms with Crippen molar-refractivity contribution in [3.63, 3.8) is 0 Å². The molecule has 1 fully saturated rings. The first-order valence-corrected chi connectivity index (χ1v) is 12.8. The third kappa shape index (κ3) is 15.5. The lowest BCUT2D eigenvalue weighted by molar-refractivity contribution is -0.146. The summed E-state index contributed by atoms with van der Waals surface area (Å²) in [4.78, 5) is 22.8. The summed E-state index contributed by atoms with van der Waals surface area (Å²) in [6, 6.07) is -0.419. The summed E-state index contributed by atoms with van der Waals surface area (Å²) < 4.78 is 5.23. The second kappa shape index (κ2) is 19.6. The minimum absolute atomic E-state index is 0.0504. The van der Waals surface area contributed by atoms with Crippen molar-refractivity contribution in [2.75, 3.05) is 6.61 Å². The zero-order chi connectivity index (χ0) is 21.7. The van der Waals surface area contributed by atoms with E-state index in [0.29, 0.717) is 19.4 Å². The fourth-order valence-electron chi connectivity index (χ4n) is 3.94. The van der Waals surface area contributed by atoms with Crippen LogP contribution in [-0.4, -0.2) is 24.5 Å². The lowest BCUT2D eigenvalue weighted by Crippen LogP contribution is -2.34. The lowest BCUT2D eigenvalue weighted by atomic mass is 10.0. The van der Waals surface area contributed by atoms with E-state index >= 15 is 0 Å². The minimum atomic E-state index is -0.419. The Morgan fingerprint density at radius 3 is 1.83 bits per heavy atom. The molecular formula is C26H47NO3. The van der Waals surface area contributed by atoms with Crippen molar-refractivity contribution in [3.05, 3.63) is 12.2 Å². The molecule has 0 bridgehead atoms. The molecule has 0 radical (unpaired) electrons. The van der Waals surface area contributed by atoms with Crippen LogP contribution in [0.25, 0.3) is 0 Å². The summed E-state index contributed by atoms with van der Waals surface area (Å²) in [5.41, 5.74) is 0. The topological polar surface area (TPSA) is 55.4 Å². The molecule has 1 amide bonds. The second-order valence-electron chi connectivity index (χ2n) is 8.82. The summed E-state index contributed by atoms with van der Waals surface area (Å²) in [5.74, 6) is -0.329. The van der Waals surface area contributed by atoms with Gasteiger partial charge in [0.25, 0.3) is 0 Å². The van der Waals surface area contributed by atoms with Crippen molar-refractivity contribution in [1.82, 2.24) is 5.32 Å². The molecule has 1 N–H and O–H groups in total. The first-order chi connectivity index (χ1) is 14.7. The molecule has 4 heteroatoms. The van der Waals surface area contributed by atoms with Gasteiger partial charge in [0.1, 0.15) is 6.04 Å². The number of allylic oxidation sites excluding steroid dienone is 2. The maximum Gasteiger partial charge on any atom is 0.328 e. The summed E-state index contributed by atoms with van der Waals surface area (Å²) in [5, 5.41) is 2.64. The van der Waals surface area contributed by atoms with E-state index in [1.165, 1.54) is 89.9 Å². The Morgan fingerprint density at radius 2 is 1.33 bits per heavy atom. The number of hydrogen-bond acceptors (Lipinski definition) is 3. The van der Waals surface area contributed by atoms with Crippen molar-refractivity contribution in [2.45, 2.75) is 135 Å². The van der Waals surface area contributed by atoms with Gasteiger partial charge in [-0.3, -0.25) is 4.79 Å². The van der Waals surface area contributed by atoms with Crippen LogP contribution in [0.15, 0.2) is 12.2 Å². The van der Waals surface area contributed by atoms with Crippen LogP contribution in [0.5, 0.6) is 0 Å². The zero-order valence-corrected chi connectivity index (χ0v) is 19.6. The molecule has 4 nitrogen and oxygen atoms in total. The molecule has 30 heavy (non-hydrogen) atoms. The Balaban J connectivity index is 1.74. The predicted molar refractivity (Wildman–Crippen MR) is 125 cm³/mol. The highest BCUT2D eigenvalue weighted by Crippen LogP contribution is 2.13. The zero-order valence-electron chi connectivity index (χ0n) is 19.6. The summed E-state index contributed by atoms with van der Waals surface area (Å²) in [6.07, 6.45) is 28.0. The maximum absolute atomic E-state index is 11.7. The molecule has 0 unspecified atom stereocenters. The smallest absolute Gasteiger partial charge is 0.328 e. The van der Waals surface area contributed by atoms with Crippen LogP contribution in [0.2, 0.25) is 0 Å². The summed E-state index contributed by atoms with van der Waals surface area (Å²) in [7, 11) is 0. The van der Waals surface area contributed by atoms with E-state index in [4.69, 9.17) is 4.74 Å². The monoisotopic (exact) mass is 421 g/mol. The third-order valence-corrected chi connectivity index (χ3v) is 5.93. The van der Waals surface area contributed by atoms with E-state index in [2.05, 4.69) is 24.4 Å². The number of esters is 1. The van der Waals surface area contributed by atoms with E-state index in [1.807, 2.05) is 0 Å². The van der Waals surface area contributed by atoms with Crippen LogP contribution in [0, 0.1) is 0 Å². The number of amides is 1. The number of carbonyl (C=O) groups excluding carboxylic acids is 2. The van der Waals surface area contributed by atoms with Crippen LogP contribution >= 0.6 is 0 Å². The van der Waals surface area contributed by atoms with Crippen molar-refractivity contribution < 1.29 is 14.3 Å². The van der Waals surface area contributed by atoms with Gasteiger partial charge >= 0.3 is 5.97 Å². The number of ether oxygens (including phenoxy) is 1.